The Morgan fingerprint density at radius 1 is 1.37 bits per heavy atom. The minimum atomic E-state index is 0.284. The van der Waals surface area contributed by atoms with Crippen LogP contribution in [0.4, 0.5) is 0 Å². The molecule has 1 aliphatic heterocycles. The van der Waals surface area contributed by atoms with Crippen molar-refractivity contribution in [2.75, 3.05) is 52.8 Å². The Hall–Kier alpha value is -0.460. The van der Waals surface area contributed by atoms with Gasteiger partial charge in [0.25, 0.3) is 0 Å². The summed E-state index contributed by atoms with van der Waals surface area (Å²) >= 11 is 2.03. The average Bonchev–Trinajstić information content (AvgIpc) is 2.44. The highest BCUT2D eigenvalue weighted by atomic mass is 32.2. The van der Waals surface area contributed by atoms with Crippen molar-refractivity contribution in [2.45, 2.75) is 24.5 Å². The number of hydrogen-bond donors (Lipinski definition) is 2. The average molecular weight is 289 g/mol. The number of guanidine groups is 1. The summed E-state index contributed by atoms with van der Waals surface area (Å²) < 4.78 is 10.8. The lowest BCUT2D eigenvalue weighted by molar-refractivity contribution is 0.0782. The monoisotopic (exact) mass is 289 g/mol. The van der Waals surface area contributed by atoms with Crippen molar-refractivity contribution in [2.24, 2.45) is 4.99 Å². The topological polar surface area (TPSA) is 54.9 Å². The van der Waals surface area contributed by atoms with Crippen molar-refractivity contribution in [1.82, 2.24) is 10.6 Å². The summed E-state index contributed by atoms with van der Waals surface area (Å²) in [7, 11) is 3.50. The van der Waals surface area contributed by atoms with Gasteiger partial charge in [0.1, 0.15) is 0 Å². The van der Waals surface area contributed by atoms with E-state index < -0.39 is 0 Å². The van der Waals surface area contributed by atoms with Crippen LogP contribution < -0.4 is 10.6 Å². The second-order valence-electron chi connectivity index (χ2n) is 4.57. The first-order chi connectivity index (χ1) is 9.26. The van der Waals surface area contributed by atoms with E-state index in [1.54, 1.807) is 14.2 Å². The first kappa shape index (κ1) is 16.6. The van der Waals surface area contributed by atoms with Gasteiger partial charge in [0.2, 0.25) is 0 Å². The molecule has 5 nitrogen and oxygen atoms in total. The van der Waals surface area contributed by atoms with Gasteiger partial charge >= 0.3 is 0 Å². The number of nitrogens with zero attached hydrogens (tertiary/aromatic N) is 1. The maximum atomic E-state index is 5.48. The number of rotatable bonds is 7. The van der Waals surface area contributed by atoms with E-state index in [9.17, 15) is 0 Å². The van der Waals surface area contributed by atoms with E-state index in [1.165, 1.54) is 0 Å². The highest BCUT2D eigenvalue weighted by Gasteiger charge is 2.32. The molecule has 0 amide bonds. The van der Waals surface area contributed by atoms with Crippen LogP contribution in [0.2, 0.25) is 0 Å². The van der Waals surface area contributed by atoms with E-state index in [0.717, 1.165) is 50.9 Å². The molecule has 0 aliphatic carbocycles. The molecule has 0 spiro atoms. The Labute approximate surface area is 120 Å². The Morgan fingerprint density at radius 3 is 2.68 bits per heavy atom. The zero-order valence-corrected chi connectivity index (χ0v) is 13.1. The quantitative estimate of drug-likeness (QED) is 0.418. The molecule has 0 atom stereocenters. The van der Waals surface area contributed by atoms with E-state index in [2.05, 4.69) is 22.5 Å². The van der Waals surface area contributed by atoms with Gasteiger partial charge in [-0.05, 0) is 18.6 Å². The third-order valence-corrected chi connectivity index (χ3v) is 4.71. The second kappa shape index (κ2) is 9.44. The van der Waals surface area contributed by atoms with Crippen LogP contribution in [0.1, 0.15) is 19.8 Å². The van der Waals surface area contributed by atoms with Crippen LogP contribution in [0, 0.1) is 0 Å². The maximum absolute atomic E-state index is 5.48. The minimum Gasteiger partial charge on any atom is -0.383 e. The van der Waals surface area contributed by atoms with Crippen molar-refractivity contribution in [1.29, 1.82) is 0 Å². The Bertz CT molecular complexity index is 263. The fraction of sp³-hybridized carbons (Fsp3) is 0.923. The molecule has 19 heavy (non-hydrogen) atoms. The van der Waals surface area contributed by atoms with Gasteiger partial charge in [-0.15, -0.1) is 0 Å². The highest BCUT2D eigenvalue weighted by Crippen LogP contribution is 2.34. The van der Waals surface area contributed by atoms with Crippen molar-refractivity contribution in [3.63, 3.8) is 0 Å². The summed E-state index contributed by atoms with van der Waals surface area (Å²) in [4.78, 5) is 4.23. The van der Waals surface area contributed by atoms with Crippen LogP contribution in [0.25, 0.3) is 0 Å². The highest BCUT2D eigenvalue weighted by molar-refractivity contribution is 8.00. The lowest BCUT2D eigenvalue weighted by Crippen LogP contribution is -2.48. The van der Waals surface area contributed by atoms with Gasteiger partial charge in [0.05, 0.1) is 6.61 Å². The van der Waals surface area contributed by atoms with Crippen molar-refractivity contribution >= 4 is 17.7 Å². The Morgan fingerprint density at radius 2 is 2.11 bits per heavy atom. The van der Waals surface area contributed by atoms with Gasteiger partial charge in [-0.2, -0.15) is 11.8 Å². The number of hydrogen-bond acceptors (Lipinski definition) is 4. The maximum Gasteiger partial charge on any atom is 0.191 e. The largest absolute Gasteiger partial charge is 0.383 e. The fourth-order valence-corrected chi connectivity index (χ4v) is 3.40. The normalized spacial score (nSPS) is 19.2. The van der Waals surface area contributed by atoms with Crippen LogP contribution in [-0.2, 0) is 9.47 Å². The molecule has 112 valence electrons. The third-order valence-electron chi connectivity index (χ3n) is 3.25. The molecule has 1 fully saturated rings. The summed E-state index contributed by atoms with van der Waals surface area (Å²) in [6, 6.07) is 0. The molecule has 0 saturated carbocycles. The van der Waals surface area contributed by atoms with E-state index in [0.29, 0.717) is 6.61 Å². The lowest BCUT2D eigenvalue weighted by Gasteiger charge is -2.37. The minimum absolute atomic E-state index is 0.284. The number of thioether (sulfide) groups is 1. The van der Waals surface area contributed by atoms with Gasteiger partial charge in [0, 0.05) is 45.2 Å². The summed E-state index contributed by atoms with van der Waals surface area (Å²) in [5.41, 5.74) is 0. The molecule has 0 aromatic rings. The van der Waals surface area contributed by atoms with Crippen LogP contribution in [0.5, 0.6) is 0 Å². The van der Waals surface area contributed by atoms with Crippen molar-refractivity contribution < 1.29 is 9.47 Å². The van der Waals surface area contributed by atoms with Crippen molar-refractivity contribution in [3.8, 4) is 0 Å². The van der Waals surface area contributed by atoms with Crippen LogP contribution in [-0.4, -0.2) is 63.5 Å². The standard InChI is InChI=1S/C13H27N3O2S/c1-4-19-13(5-8-18-9-6-13)11-16-12(14-2)15-7-10-17-3/h4-11H2,1-3H3,(H2,14,15,16). The molecule has 0 radical (unpaired) electrons. The molecule has 1 heterocycles. The van der Waals surface area contributed by atoms with E-state index in [4.69, 9.17) is 9.47 Å². The van der Waals surface area contributed by atoms with Crippen LogP contribution in [0.15, 0.2) is 4.99 Å². The molecule has 0 bridgehead atoms. The van der Waals surface area contributed by atoms with Crippen molar-refractivity contribution in [3.05, 3.63) is 0 Å². The summed E-state index contributed by atoms with van der Waals surface area (Å²) in [6.45, 7) is 6.33. The predicted molar refractivity (Wildman–Crippen MR) is 82.2 cm³/mol. The molecule has 0 unspecified atom stereocenters. The number of methoxy groups -OCH3 is 1. The van der Waals surface area contributed by atoms with Crippen LogP contribution >= 0.6 is 11.8 Å². The van der Waals surface area contributed by atoms with E-state index in [1.807, 2.05) is 11.8 Å². The van der Waals surface area contributed by atoms with Gasteiger partial charge in [-0.1, -0.05) is 6.92 Å². The SMILES string of the molecule is CCSC1(CNC(=NC)NCCOC)CCOCC1. The Kier molecular flexibility index (Phi) is 8.25. The number of nitrogens with one attached hydrogen (secondary N) is 2. The number of ether oxygens (including phenoxy) is 2. The first-order valence-electron chi connectivity index (χ1n) is 6.91. The van der Waals surface area contributed by atoms with Gasteiger partial charge < -0.3 is 20.1 Å². The molecule has 0 aromatic carbocycles. The summed E-state index contributed by atoms with van der Waals surface area (Å²) in [5.74, 6) is 1.98. The lowest BCUT2D eigenvalue weighted by atomic mass is 9.99. The molecule has 1 rings (SSSR count). The zero-order valence-electron chi connectivity index (χ0n) is 12.3. The Balaban J connectivity index is 2.41. The van der Waals surface area contributed by atoms with Gasteiger partial charge in [0.15, 0.2) is 5.96 Å². The fourth-order valence-electron chi connectivity index (χ4n) is 2.16. The van der Waals surface area contributed by atoms with E-state index in [-0.39, 0.29) is 4.75 Å². The summed E-state index contributed by atoms with van der Waals surface area (Å²) in [6.07, 6.45) is 2.21. The third kappa shape index (κ3) is 6.01. The van der Waals surface area contributed by atoms with Gasteiger partial charge in [-0.25, -0.2) is 0 Å². The molecule has 1 saturated heterocycles. The number of aliphatic imine (C=N–C) groups is 1. The molecular weight excluding hydrogens is 262 g/mol. The molecule has 6 heteroatoms. The zero-order chi connectivity index (χ0) is 14.0. The summed E-state index contributed by atoms with van der Waals surface area (Å²) in [5, 5.41) is 6.67. The predicted octanol–water partition coefficient (Wildman–Crippen LogP) is 1.10. The first-order valence-corrected chi connectivity index (χ1v) is 7.90. The second-order valence-corrected chi connectivity index (χ2v) is 6.31. The van der Waals surface area contributed by atoms with Gasteiger partial charge in [-0.3, -0.25) is 4.99 Å². The van der Waals surface area contributed by atoms with Crippen LogP contribution in [0.3, 0.4) is 0 Å². The molecule has 1 aliphatic rings. The smallest absolute Gasteiger partial charge is 0.191 e. The molecule has 2 N–H and O–H groups in total. The molecule has 0 aromatic heterocycles. The van der Waals surface area contributed by atoms with E-state index >= 15 is 0 Å². The molecular formula is C13H27N3O2S.